The van der Waals surface area contributed by atoms with E-state index in [4.69, 9.17) is 14.2 Å². The van der Waals surface area contributed by atoms with Gasteiger partial charge >= 0.3 is 0 Å². The Balaban J connectivity index is 2.04. The maximum atomic E-state index is 12.1. The predicted octanol–water partition coefficient (Wildman–Crippen LogP) is 1.91. The molecule has 2 rings (SSSR count). The van der Waals surface area contributed by atoms with Crippen molar-refractivity contribution in [2.24, 2.45) is 0 Å². The minimum absolute atomic E-state index is 0.0315. The van der Waals surface area contributed by atoms with E-state index < -0.39 is 5.91 Å². The number of fused-ring (bicyclic) bond motifs is 1. The summed E-state index contributed by atoms with van der Waals surface area (Å²) < 4.78 is 16.3. The number of hydrogen-bond acceptors (Lipinski definition) is 5. The van der Waals surface area contributed by atoms with Crippen molar-refractivity contribution in [3.63, 3.8) is 0 Å². The molecule has 23 heavy (non-hydrogen) atoms. The first kappa shape index (κ1) is 16.8. The van der Waals surface area contributed by atoms with Crippen molar-refractivity contribution < 1.29 is 19.0 Å². The fraction of sp³-hybridized carbons (Fsp3) is 0.412. The fourth-order valence-electron chi connectivity index (χ4n) is 2.13. The number of ether oxygens (including phenoxy) is 3. The van der Waals surface area contributed by atoms with Gasteiger partial charge in [0.2, 0.25) is 0 Å². The van der Waals surface area contributed by atoms with Crippen LogP contribution in [0.1, 0.15) is 18.9 Å². The summed E-state index contributed by atoms with van der Waals surface area (Å²) >= 11 is 0. The maximum Gasteiger partial charge on any atom is 0.261 e. The number of nitriles is 1. The summed E-state index contributed by atoms with van der Waals surface area (Å²) in [7, 11) is 0. The molecular formula is C17H20N2O4. The quantitative estimate of drug-likeness (QED) is 0.472. The van der Waals surface area contributed by atoms with Gasteiger partial charge in [-0.05, 0) is 25.5 Å². The lowest BCUT2D eigenvalue weighted by Crippen LogP contribution is -2.26. The number of amides is 1. The van der Waals surface area contributed by atoms with Gasteiger partial charge in [-0.3, -0.25) is 4.79 Å². The van der Waals surface area contributed by atoms with E-state index in [0.717, 1.165) is 0 Å². The number of nitrogens with one attached hydrogen (secondary N) is 1. The number of rotatable bonds is 7. The summed E-state index contributed by atoms with van der Waals surface area (Å²) in [5, 5.41) is 11.9. The Morgan fingerprint density at radius 3 is 3.04 bits per heavy atom. The van der Waals surface area contributed by atoms with Crippen LogP contribution in [0, 0.1) is 11.3 Å². The Morgan fingerprint density at radius 2 is 2.26 bits per heavy atom. The van der Waals surface area contributed by atoms with E-state index in [-0.39, 0.29) is 5.57 Å². The number of hydrogen-bond donors (Lipinski definition) is 1. The average molecular weight is 316 g/mol. The minimum Gasteiger partial charge on any atom is -0.486 e. The van der Waals surface area contributed by atoms with E-state index in [2.05, 4.69) is 5.32 Å². The monoisotopic (exact) mass is 316 g/mol. The summed E-state index contributed by atoms with van der Waals surface area (Å²) in [6.07, 6.45) is 2.22. The molecule has 1 amide bonds. The van der Waals surface area contributed by atoms with E-state index in [9.17, 15) is 10.1 Å². The highest BCUT2D eigenvalue weighted by molar-refractivity contribution is 6.02. The Bertz CT molecular complexity index is 620. The molecule has 1 N–H and O–H groups in total. The van der Waals surface area contributed by atoms with Gasteiger partial charge in [-0.1, -0.05) is 12.1 Å². The van der Waals surface area contributed by atoms with Crippen molar-refractivity contribution in [1.82, 2.24) is 5.32 Å². The second-order valence-corrected chi connectivity index (χ2v) is 4.85. The van der Waals surface area contributed by atoms with Crippen molar-refractivity contribution in [3.8, 4) is 17.6 Å². The van der Waals surface area contributed by atoms with Crippen LogP contribution in [0.2, 0.25) is 0 Å². The number of carbonyl (C=O) groups is 1. The zero-order valence-corrected chi connectivity index (χ0v) is 13.1. The Labute approximate surface area is 135 Å². The van der Waals surface area contributed by atoms with Crippen molar-refractivity contribution in [2.45, 2.75) is 13.3 Å². The molecule has 6 heteroatoms. The van der Waals surface area contributed by atoms with Crippen LogP contribution in [-0.2, 0) is 9.53 Å². The average Bonchev–Trinajstić information content (AvgIpc) is 2.59. The highest BCUT2D eigenvalue weighted by atomic mass is 16.6. The van der Waals surface area contributed by atoms with E-state index >= 15 is 0 Å². The third kappa shape index (κ3) is 4.73. The molecule has 0 aliphatic carbocycles. The Morgan fingerprint density at radius 1 is 1.43 bits per heavy atom. The number of carbonyl (C=O) groups excluding carboxylic acids is 1. The van der Waals surface area contributed by atoms with Crippen LogP contribution in [0.5, 0.6) is 11.5 Å². The summed E-state index contributed by atoms with van der Waals surface area (Å²) in [6, 6.07) is 7.31. The van der Waals surface area contributed by atoms with Crippen molar-refractivity contribution in [2.75, 3.05) is 33.0 Å². The highest BCUT2D eigenvalue weighted by Gasteiger charge is 2.16. The van der Waals surface area contributed by atoms with Gasteiger partial charge < -0.3 is 19.5 Å². The molecule has 0 aromatic heterocycles. The van der Waals surface area contributed by atoms with Gasteiger partial charge in [0.15, 0.2) is 11.5 Å². The fourth-order valence-corrected chi connectivity index (χ4v) is 2.13. The lowest BCUT2D eigenvalue weighted by Gasteiger charge is -2.19. The normalized spacial score (nSPS) is 13.3. The molecule has 0 spiro atoms. The second-order valence-electron chi connectivity index (χ2n) is 4.85. The molecule has 1 aliphatic rings. The summed E-state index contributed by atoms with van der Waals surface area (Å²) in [4.78, 5) is 12.1. The van der Waals surface area contributed by atoms with Gasteiger partial charge in [0.1, 0.15) is 24.9 Å². The topological polar surface area (TPSA) is 80.6 Å². The molecule has 0 bridgehead atoms. The molecule has 1 aromatic rings. The van der Waals surface area contributed by atoms with E-state index in [1.165, 1.54) is 6.08 Å². The first-order valence-electron chi connectivity index (χ1n) is 7.62. The zero-order valence-electron chi connectivity index (χ0n) is 13.1. The maximum absolute atomic E-state index is 12.1. The minimum atomic E-state index is -0.404. The first-order chi connectivity index (χ1) is 11.3. The van der Waals surface area contributed by atoms with Crippen molar-refractivity contribution in [3.05, 3.63) is 29.3 Å². The van der Waals surface area contributed by atoms with Crippen LogP contribution in [0.4, 0.5) is 0 Å². The molecule has 0 saturated carbocycles. The van der Waals surface area contributed by atoms with Crippen LogP contribution in [-0.4, -0.2) is 38.9 Å². The van der Waals surface area contributed by atoms with Gasteiger partial charge in [-0.2, -0.15) is 5.26 Å². The largest absolute Gasteiger partial charge is 0.486 e. The van der Waals surface area contributed by atoms with Gasteiger partial charge in [0, 0.05) is 25.3 Å². The number of nitrogens with zero attached hydrogens (tertiary/aromatic N) is 1. The number of para-hydroxylation sites is 1. The van der Waals surface area contributed by atoms with Gasteiger partial charge in [0.25, 0.3) is 5.91 Å². The van der Waals surface area contributed by atoms with Crippen molar-refractivity contribution >= 4 is 12.0 Å². The molecule has 122 valence electrons. The van der Waals surface area contributed by atoms with Crippen LogP contribution >= 0.6 is 0 Å². The lowest BCUT2D eigenvalue weighted by atomic mass is 10.1. The molecule has 0 fully saturated rings. The zero-order chi connectivity index (χ0) is 16.5. The number of benzene rings is 1. The molecule has 0 saturated heterocycles. The van der Waals surface area contributed by atoms with Crippen molar-refractivity contribution in [1.29, 1.82) is 5.26 Å². The van der Waals surface area contributed by atoms with Gasteiger partial charge in [0.05, 0.1) is 0 Å². The van der Waals surface area contributed by atoms with E-state index in [1.54, 1.807) is 18.2 Å². The molecule has 0 unspecified atom stereocenters. The SMILES string of the molecule is CCOCCCNC(=O)/C(C#N)=C\c1cccc2c1OCCO2. The molecule has 6 nitrogen and oxygen atoms in total. The summed E-state index contributed by atoms with van der Waals surface area (Å²) in [5.41, 5.74) is 0.687. The van der Waals surface area contributed by atoms with Crippen LogP contribution in [0.15, 0.2) is 23.8 Å². The standard InChI is InChI=1S/C17H20N2O4/c1-2-21-8-4-7-19-17(20)14(12-18)11-13-5-3-6-15-16(13)23-10-9-22-15/h3,5-6,11H,2,4,7-10H2,1H3,(H,19,20)/b14-11-. The smallest absolute Gasteiger partial charge is 0.261 e. The molecule has 1 aromatic carbocycles. The van der Waals surface area contributed by atoms with Crippen LogP contribution in [0.25, 0.3) is 6.08 Å². The highest BCUT2D eigenvalue weighted by Crippen LogP contribution is 2.34. The predicted molar refractivity (Wildman–Crippen MR) is 85.1 cm³/mol. The molecule has 1 aliphatic heterocycles. The Kier molecular flexibility index (Phi) is 6.45. The lowest BCUT2D eigenvalue weighted by molar-refractivity contribution is -0.117. The molecule has 0 radical (unpaired) electrons. The molecule has 1 heterocycles. The van der Waals surface area contributed by atoms with E-state index in [1.807, 2.05) is 13.0 Å². The Hall–Kier alpha value is -2.52. The first-order valence-corrected chi connectivity index (χ1v) is 7.62. The third-order valence-electron chi connectivity index (χ3n) is 3.22. The molecule has 0 atom stereocenters. The summed E-state index contributed by atoms with van der Waals surface area (Å²) in [5.74, 6) is 0.786. The second kappa shape index (κ2) is 8.81. The molecular weight excluding hydrogens is 296 g/mol. The van der Waals surface area contributed by atoms with Crippen LogP contribution < -0.4 is 14.8 Å². The van der Waals surface area contributed by atoms with E-state index in [0.29, 0.717) is 56.5 Å². The van der Waals surface area contributed by atoms with Gasteiger partial charge in [-0.15, -0.1) is 0 Å². The summed E-state index contributed by atoms with van der Waals surface area (Å²) in [6.45, 7) is 4.55. The van der Waals surface area contributed by atoms with Gasteiger partial charge in [-0.25, -0.2) is 0 Å². The van der Waals surface area contributed by atoms with Crippen LogP contribution in [0.3, 0.4) is 0 Å². The third-order valence-corrected chi connectivity index (χ3v) is 3.22.